The molecule has 5 nitrogen and oxygen atoms in total. The van der Waals surface area contributed by atoms with Gasteiger partial charge in [-0.05, 0) is 32.4 Å². The summed E-state index contributed by atoms with van der Waals surface area (Å²) < 4.78 is 5.30. The molecule has 2 rings (SSSR count). The molecule has 5 heteroatoms. The summed E-state index contributed by atoms with van der Waals surface area (Å²) in [5.74, 6) is -1.62. The highest BCUT2D eigenvalue weighted by Crippen LogP contribution is 2.36. The molecule has 0 aromatic heterocycles. The standard InChI is InChI=1S/C14H17NO4/c1-14(2,3)19-13(18)15-8-10(12(16)17)9-6-4-5-7-11(9)15/h4-7,10H,8H2,1-3H3,(H,16,17)/t10-/m1/s1. The van der Waals surface area contributed by atoms with Gasteiger partial charge in [0.15, 0.2) is 0 Å². The fourth-order valence-electron chi connectivity index (χ4n) is 2.11. The largest absolute Gasteiger partial charge is 0.481 e. The summed E-state index contributed by atoms with van der Waals surface area (Å²) in [6.45, 7) is 5.45. The predicted octanol–water partition coefficient (Wildman–Crippen LogP) is 2.61. The van der Waals surface area contributed by atoms with Crippen molar-refractivity contribution in [3.63, 3.8) is 0 Å². The number of benzene rings is 1. The molecule has 1 amide bonds. The van der Waals surface area contributed by atoms with E-state index in [0.717, 1.165) is 0 Å². The van der Waals surface area contributed by atoms with E-state index >= 15 is 0 Å². The van der Waals surface area contributed by atoms with Crippen LogP contribution in [0.1, 0.15) is 32.3 Å². The maximum Gasteiger partial charge on any atom is 0.414 e. The predicted molar refractivity (Wildman–Crippen MR) is 70.4 cm³/mol. The number of amides is 1. The fourth-order valence-corrected chi connectivity index (χ4v) is 2.11. The lowest BCUT2D eigenvalue weighted by molar-refractivity contribution is -0.138. The molecule has 1 atom stereocenters. The Morgan fingerprint density at radius 3 is 2.53 bits per heavy atom. The Morgan fingerprint density at radius 2 is 1.95 bits per heavy atom. The normalized spacial score (nSPS) is 18.1. The molecule has 0 fully saturated rings. The van der Waals surface area contributed by atoms with Crippen LogP contribution in [0.4, 0.5) is 10.5 Å². The highest BCUT2D eigenvalue weighted by Gasteiger charge is 2.38. The first kappa shape index (κ1) is 13.4. The van der Waals surface area contributed by atoms with E-state index in [0.29, 0.717) is 11.3 Å². The minimum Gasteiger partial charge on any atom is -0.481 e. The molecule has 1 aromatic carbocycles. The lowest BCUT2D eigenvalue weighted by Crippen LogP contribution is -2.36. The quantitative estimate of drug-likeness (QED) is 0.845. The average Bonchev–Trinajstić information content (AvgIpc) is 2.66. The first-order chi connectivity index (χ1) is 8.79. The van der Waals surface area contributed by atoms with Crippen molar-refractivity contribution in [2.75, 3.05) is 11.4 Å². The molecule has 0 radical (unpaired) electrons. The average molecular weight is 263 g/mol. The van der Waals surface area contributed by atoms with Crippen LogP contribution in [0.15, 0.2) is 24.3 Å². The maximum absolute atomic E-state index is 12.1. The molecule has 1 aromatic rings. The number of carbonyl (C=O) groups excluding carboxylic acids is 1. The van der Waals surface area contributed by atoms with Gasteiger partial charge in [-0.3, -0.25) is 9.69 Å². The van der Waals surface area contributed by atoms with E-state index in [-0.39, 0.29) is 6.54 Å². The summed E-state index contributed by atoms with van der Waals surface area (Å²) >= 11 is 0. The topological polar surface area (TPSA) is 66.8 Å². The lowest BCUT2D eigenvalue weighted by atomic mass is 10.0. The van der Waals surface area contributed by atoms with Gasteiger partial charge in [0.05, 0.1) is 5.69 Å². The number of anilines is 1. The number of carboxylic acids is 1. The molecule has 0 spiro atoms. The van der Waals surface area contributed by atoms with E-state index in [4.69, 9.17) is 4.74 Å². The van der Waals surface area contributed by atoms with E-state index in [1.807, 2.05) is 0 Å². The second-order valence-corrected chi connectivity index (χ2v) is 5.54. The number of para-hydroxylation sites is 1. The van der Waals surface area contributed by atoms with E-state index < -0.39 is 23.6 Å². The first-order valence-corrected chi connectivity index (χ1v) is 6.12. The van der Waals surface area contributed by atoms with Gasteiger partial charge in [0.25, 0.3) is 0 Å². The smallest absolute Gasteiger partial charge is 0.414 e. The van der Waals surface area contributed by atoms with Crippen LogP contribution < -0.4 is 4.90 Å². The van der Waals surface area contributed by atoms with Gasteiger partial charge < -0.3 is 9.84 Å². The van der Waals surface area contributed by atoms with Crippen LogP contribution in [0, 0.1) is 0 Å². The Bertz CT molecular complexity index is 518. The van der Waals surface area contributed by atoms with Crippen LogP contribution >= 0.6 is 0 Å². The van der Waals surface area contributed by atoms with Crippen LogP contribution in [0.5, 0.6) is 0 Å². The summed E-state index contributed by atoms with van der Waals surface area (Å²) in [7, 11) is 0. The van der Waals surface area contributed by atoms with E-state index in [1.54, 1.807) is 45.0 Å². The highest BCUT2D eigenvalue weighted by molar-refractivity contribution is 5.95. The highest BCUT2D eigenvalue weighted by atomic mass is 16.6. The second kappa shape index (κ2) is 4.57. The molecule has 19 heavy (non-hydrogen) atoms. The van der Waals surface area contributed by atoms with Crippen molar-refractivity contribution >= 4 is 17.7 Å². The molecule has 1 heterocycles. The number of ether oxygens (including phenoxy) is 1. The number of carboxylic acid groups (broad SMARTS) is 1. The minimum atomic E-state index is -0.932. The van der Waals surface area contributed by atoms with Crippen molar-refractivity contribution in [2.24, 2.45) is 0 Å². The Kier molecular flexibility index (Phi) is 3.22. The van der Waals surface area contributed by atoms with Gasteiger partial charge in [-0.2, -0.15) is 0 Å². The van der Waals surface area contributed by atoms with Gasteiger partial charge in [0.1, 0.15) is 11.5 Å². The number of hydrogen-bond acceptors (Lipinski definition) is 3. The number of fused-ring (bicyclic) bond motifs is 1. The molecule has 0 bridgehead atoms. The van der Waals surface area contributed by atoms with Crippen molar-refractivity contribution < 1.29 is 19.4 Å². The van der Waals surface area contributed by atoms with Gasteiger partial charge in [-0.15, -0.1) is 0 Å². The van der Waals surface area contributed by atoms with Gasteiger partial charge in [0, 0.05) is 6.54 Å². The number of aliphatic carboxylic acids is 1. The van der Waals surface area contributed by atoms with E-state index in [2.05, 4.69) is 0 Å². The monoisotopic (exact) mass is 263 g/mol. The molecular formula is C14H17NO4. The Balaban J connectivity index is 2.30. The Labute approximate surface area is 111 Å². The molecular weight excluding hydrogens is 246 g/mol. The zero-order chi connectivity index (χ0) is 14.2. The summed E-state index contributed by atoms with van der Waals surface area (Å²) in [6.07, 6.45) is -0.510. The van der Waals surface area contributed by atoms with Crippen molar-refractivity contribution in [3.05, 3.63) is 29.8 Å². The van der Waals surface area contributed by atoms with Gasteiger partial charge in [-0.1, -0.05) is 18.2 Å². The molecule has 0 aliphatic carbocycles. The third-order valence-electron chi connectivity index (χ3n) is 2.88. The lowest BCUT2D eigenvalue weighted by Gasteiger charge is -2.24. The Morgan fingerprint density at radius 1 is 1.32 bits per heavy atom. The van der Waals surface area contributed by atoms with Crippen molar-refractivity contribution in [2.45, 2.75) is 32.3 Å². The van der Waals surface area contributed by atoms with Crippen molar-refractivity contribution in [3.8, 4) is 0 Å². The molecule has 1 aliphatic heterocycles. The minimum absolute atomic E-state index is 0.115. The maximum atomic E-state index is 12.1. The van der Waals surface area contributed by atoms with Crippen LogP contribution in [0.3, 0.4) is 0 Å². The summed E-state index contributed by atoms with van der Waals surface area (Å²) in [5, 5.41) is 9.21. The number of hydrogen-bond donors (Lipinski definition) is 1. The fraction of sp³-hybridized carbons (Fsp3) is 0.429. The molecule has 102 valence electrons. The summed E-state index contributed by atoms with van der Waals surface area (Å²) in [4.78, 5) is 24.7. The third-order valence-corrected chi connectivity index (χ3v) is 2.88. The molecule has 0 saturated heterocycles. The zero-order valence-corrected chi connectivity index (χ0v) is 11.2. The summed E-state index contributed by atoms with van der Waals surface area (Å²) in [6, 6.07) is 7.02. The number of carbonyl (C=O) groups is 2. The van der Waals surface area contributed by atoms with Crippen LogP contribution in [0.25, 0.3) is 0 Å². The van der Waals surface area contributed by atoms with Gasteiger partial charge in [0.2, 0.25) is 0 Å². The molecule has 1 aliphatic rings. The molecule has 0 saturated carbocycles. The second-order valence-electron chi connectivity index (χ2n) is 5.54. The molecule has 1 N–H and O–H groups in total. The van der Waals surface area contributed by atoms with Crippen LogP contribution in [-0.4, -0.2) is 29.3 Å². The van der Waals surface area contributed by atoms with Crippen molar-refractivity contribution in [1.29, 1.82) is 0 Å². The number of rotatable bonds is 1. The van der Waals surface area contributed by atoms with E-state index in [1.165, 1.54) is 4.90 Å². The van der Waals surface area contributed by atoms with Crippen molar-refractivity contribution in [1.82, 2.24) is 0 Å². The number of nitrogens with zero attached hydrogens (tertiary/aromatic N) is 1. The van der Waals surface area contributed by atoms with Crippen LogP contribution in [0.2, 0.25) is 0 Å². The van der Waals surface area contributed by atoms with Gasteiger partial charge in [-0.25, -0.2) is 4.79 Å². The summed E-state index contributed by atoms with van der Waals surface area (Å²) in [5.41, 5.74) is 0.665. The Hall–Kier alpha value is -2.04. The zero-order valence-electron chi connectivity index (χ0n) is 11.2. The van der Waals surface area contributed by atoms with Gasteiger partial charge >= 0.3 is 12.1 Å². The third kappa shape index (κ3) is 2.70. The SMILES string of the molecule is CC(C)(C)OC(=O)N1C[C@@H](C(=O)O)c2ccccc21. The van der Waals surface area contributed by atoms with E-state index in [9.17, 15) is 14.7 Å². The van der Waals surface area contributed by atoms with Crippen LogP contribution in [-0.2, 0) is 9.53 Å². The molecule has 0 unspecified atom stereocenters. The first-order valence-electron chi connectivity index (χ1n) is 6.12.